The number of rotatable bonds is 6. The quantitative estimate of drug-likeness (QED) is 0.578. The Bertz CT molecular complexity index is 1050. The molecule has 150 valence electrons. The Morgan fingerprint density at radius 3 is 2.34 bits per heavy atom. The number of nitrogens with zero attached hydrogens (tertiary/aromatic N) is 1. The van der Waals surface area contributed by atoms with E-state index < -0.39 is 11.8 Å². The van der Waals surface area contributed by atoms with Crippen molar-refractivity contribution in [3.05, 3.63) is 87.1 Å². The second kappa shape index (κ2) is 8.74. The topological polar surface area (TPSA) is 96.4 Å². The number of carbonyl (C=O) groups is 1. The third kappa shape index (κ3) is 4.03. The smallest absolute Gasteiger partial charge is 0.231 e. The standard InChI is InChI=1S/C23H23ClN2O3/c1-13-5-3-7-16(17(13)12-28)22-15(11-27)9-10-19(26-22)21(23(25)29)20-14(2)6-4-8-18(20)24/h3-10,21,27-28H,11-12H2,1-2H3,(H2,25,29). The van der Waals surface area contributed by atoms with E-state index in [9.17, 15) is 15.0 Å². The third-order valence-corrected chi connectivity index (χ3v) is 5.46. The molecule has 0 saturated heterocycles. The molecule has 0 spiro atoms. The van der Waals surface area contributed by atoms with Crippen molar-refractivity contribution in [1.82, 2.24) is 4.98 Å². The first-order valence-electron chi connectivity index (χ1n) is 9.23. The van der Waals surface area contributed by atoms with Crippen molar-refractivity contribution in [3.63, 3.8) is 0 Å². The molecule has 29 heavy (non-hydrogen) atoms. The molecule has 6 heteroatoms. The maximum Gasteiger partial charge on any atom is 0.231 e. The molecular weight excluding hydrogens is 388 g/mol. The van der Waals surface area contributed by atoms with Crippen LogP contribution in [0.2, 0.25) is 5.02 Å². The molecule has 0 aliphatic rings. The zero-order chi connectivity index (χ0) is 21.1. The average molecular weight is 411 g/mol. The van der Waals surface area contributed by atoms with Crippen LogP contribution in [0.3, 0.4) is 0 Å². The number of primary amides is 1. The van der Waals surface area contributed by atoms with Crippen molar-refractivity contribution in [3.8, 4) is 11.3 Å². The Morgan fingerprint density at radius 2 is 1.72 bits per heavy atom. The first-order chi connectivity index (χ1) is 13.9. The number of aromatic nitrogens is 1. The van der Waals surface area contributed by atoms with Crippen LogP contribution in [-0.4, -0.2) is 21.1 Å². The van der Waals surface area contributed by atoms with E-state index in [4.69, 9.17) is 22.3 Å². The third-order valence-electron chi connectivity index (χ3n) is 5.13. The van der Waals surface area contributed by atoms with Crippen LogP contribution in [0.1, 0.15) is 39.4 Å². The number of hydrogen-bond donors (Lipinski definition) is 3. The van der Waals surface area contributed by atoms with Gasteiger partial charge in [0.05, 0.1) is 24.6 Å². The molecule has 1 heterocycles. The maximum atomic E-state index is 12.4. The van der Waals surface area contributed by atoms with Crippen LogP contribution in [0, 0.1) is 13.8 Å². The monoisotopic (exact) mass is 410 g/mol. The summed E-state index contributed by atoms with van der Waals surface area (Å²) in [6.07, 6.45) is 0. The number of aryl methyl sites for hydroxylation is 2. The summed E-state index contributed by atoms with van der Waals surface area (Å²) in [6, 6.07) is 14.4. The van der Waals surface area contributed by atoms with Gasteiger partial charge in [-0.15, -0.1) is 0 Å². The van der Waals surface area contributed by atoms with E-state index in [1.54, 1.807) is 18.2 Å². The highest BCUT2D eigenvalue weighted by Crippen LogP contribution is 2.35. The highest BCUT2D eigenvalue weighted by molar-refractivity contribution is 6.31. The SMILES string of the molecule is Cc1cccc(-c2nc(C(C(N)=O)c3c(C)cccc3Cl)ccc2CO)c1CO. The summed E-state index contributed by atoms with van der Waals surface area (Å²) in [5.41, 5.74) is 11.1. The molecule has 0 bridgehead atoms. The predicted octanol–water partition coefficient (Wildman–Crippen LogP) is 3.62. The molecule has 2 aromatic carbocycles. The van der Waals surface area contributed by atoms with Crippen LogP contribution < -0.4 is 5.73 Å². The zero-order valence-corrected chi connectivity index (χ0v) is 17.1. The van der Waals surface area contributed by atoms with Crippen LogP contribution in [-0.2, 0) is 18.0 Å². The van der Waals surface area contributed by atoms with Gasteiger partial charge >= 0.3 is 0 Å². The molecule has 1 unspecified atom stereocenters. The van der Waals surface area contributed by atoms with Gasteiger partial charge in [0, 0.05) is 16.1 Å². The van der Waals surface area contributed by atoms with Gasteiger partial charge in [-0.25, -0.2) is 0 Å². The van der Waals surface area contributed by atoms with Gasteiger partial charge in [-0.2, -0.15) is 0 Å². The number of halogens is 1. The van der Waals surface area contributed by atoms with Crippen molar-refractivity contribution in [2.24, 2.45) is 5.73 Å². The number of hydrogen-bond acceptors (Lipinski definition) is 4. The number of nitrogens with two attached hydrogens (primary N) is 1. The number of pyridine rings is 1. The first kappa shape index (κ1) is 21.0. The number of aliphatic hydroxyl groups is 2. The Morgan fingerprint density at radius 1 is 1.03 bits per heavy atom. The zero-order valence-electron chi connectivity index (χ0n) is 16.3. The lowest BCUT2D eigenvalue weighted by molar-refractivity contribution is -0.118. The van der Waals surface area contributed by atoms with Crippen molar-refractivity contribution in [1.29, 1.82) is 0 Å². The van der Waals surface area contributed by atoms with Gasteiger partial charge in [-0.3, -0.25) is 9.78 Å². The van der Waals surface area contributed by atoms with Gasteiger partial charge < -0.3 is 15.9 Å². The number of carbonyl (C=O) groups excluding carboxylic acids is 1. The Balaban J connectivity index is 2.26. The van der Waals surface area contributed by atoms with Crippen LogP contribution in [0.4, 0.5) is 0 Å². The van der Waals surface area contributed by atoms with E-state index in [1.165, 1.54) is 0 Å². The molecular formula is C23H23ClN2O3. The van der Waals surface area contributed by atoms with Gasteiger partial charge in [0.1, 0.15) is 5.92 Å². The minimum atomic E-state index is -0.836. The molecule has 0 aliphatic heterocycles. The summed E-state index contributed by atoms with van der Waals surface area (Å²) in [6.45, 7) is 3.37. The number of amides is 1. The first-order valence-corrected chi connectivity index (χ1v) is 9.61. The van der Waals surface area contributed by atoms with E-state index in [0.29, 0.717) is 33.1 Å². The second-order valence-corrected chi connectivity index (χ2v) is 7.37. The fourth-order valence-corrected chi connectivity index (χ4v) is 3.94. The number of benzene rings is 2. The molecule has 3 aromatic rings. The van der Waals surface area contributed by atoms with Crippen LogP contribution in [0.15, 0.2) is 48.5 Å². The van der Waals surface area contributed by atoms with Crippen LogP contribution >= 0.6 is 11.6 Å². The Kier molecular flexibility index (Phi) is 6.33. The van der Waals surface area contributed by atoms with E-state index >= 15 is 0 Å². The average Bonchev–Trinajstić information content (AvgIpc) is 2.70. The highest BCUT2D eigenvalue weighted by Gasteiger charge is 2.27. The maximum absolute atomic E-state index is 12.4. The largest absolute Gasteiger partial charge is 0.392 e. The molecule has 1 aromatic heterocycles. The summed E-state index contributed by atoms with van der Waals surface area (Å²) < 4.78 is 0. The summed E-state index contributed by atoms with van der Waals surface area (Å²) >= 11 is 6.39. The summed E-state index contributed by atoms with van der Waals surface area (Å²) in [7, 11) is 0. The van der Waals surface area contributed by atoms with E-state index in [2.05, 4.69) is 0 Å². The van der Waals surface area contributed by atoms with Crippen molar-refractivity contribution in [2.45, 2.75) is 33.0 Å². The molecule has 1 atom stereocenters. The fraction of sp³-hybridized carbons (Fsp3) is 0.217. The van der Waals surface area contributed by atoms with Gasteiger partial charge in [-0.05, 0) is 48.2 Å². The normalized spacial score (nSPS) is 12.0. The van der Waals surface area contributed by atoms with Crippen LogP contribution in [0.5, 0.6) is 0 Å². The molecule has 1 amide bonds. The van der Waals surface area contributed by atoms with E-state index in [1.807, 2.05) is 44.2 Å². The molecule has 4 N–H and O–H groups in total. The van der Waals surface area contributed by atoms with Crippen molar-refractivity contribution < 1.29 is 15.0 Å². The molecule has 5 nitrogen and oxygen atoms in total. The van der Waals surface area contributed by atoms with Gasteiger partial charge in [0.2, 0.25) is 5.91 Å². The number of aliphatic hydroxyl groups excluding tert-OH is 2. The minimum Gasteiger partial charge on any atom is -0.392 e. The molecule has 0 aliphatic carbocycles. The van der Waals surface area contributed by atoms with Gasteiger partial charge in [0.25, 0.3) is 0 Å². The van der Waals surface area contributed by atoms with Crippen molar-refractivity contribution >= 4 is 17.5 Å². The van der Waals surface area contributed by atoms with Crippen LogP contribution in [0.25, 0.3) is 11.3 Å². The molecule has 0 saturated carbocycles. The fourth-order valence-electron chi connectivity index (χ4n) is 3.60. The molecule has 0 fully saturated rings. The molecule has 3 rings (SSSR count). The van der Waals surface area contributed by atoms with Crippen molar-refractivity contribution in [2.75, 3.05) is 0 Å². The van der Waals surface area contributed by atoms with Gasteiger partial charge in [-0.1, -0.05) is 48.0 Å². The van der Waals surface area contributed by atoms with E-state index in [0.717, 1.165) is 16.7 Å². The summed E-state index contributed by atoms with van der Waals surface area (Å²) in [5.74, 6) is -1.40. The highest BCUT2D eigenvalue weighted by atomic mass is 35.5. The lowest BCUT2D eigenvalue weighted by atomic mass is 9.89. The Labute approximate surface area is 174 Å². The molecule has 0 radical (unpaired) electrons. The van der Waals surface area contributed by atoms with E-state index in [-0.39, 0.29) is 13.2 Å². The predicted molar refractivity (Wildman–Crippen MR) is 113 cm³/mol. The summed E-state index contributed by atoms with van der Waals surface area (Å²) in [4.78, 5) is 17.1. The second-order valence-electron chi connectivity index (χ2n) is 6.97. The van der Waals surface area contributed by atoms with Gasteiger partial charge in [0.15, 0.2) is 0 Å². The minimum absolute atomic E-state index is 0.165. The summed E-state index contributed by atoms with van der Waals surface area (Å²) in [5, 5.41) is 20.1. The lowest BCUT2D eigenvalue weighted by Gasteiger charge is -2.20. The Hall–Kier alpha value is -2.73. The lowest BCUT2D eigenvalue weighted by Crippen LogP contribution is -2.24.